The summed E-state index contributed by atoms with van der Waals surface area (Å²) < 4.78 is 0. The van der Waals surface area contributed by atoms with Gasteiger partial charge < -0.3 is 15.7 Å². The predicted octanol–water partition coefficient (Wildman–Crippen LogP) is 0.877. The Labute approximate surface area is 97.8 Å². The maximum absolute atomic E-state index is 11.9. The van der Waals surface area contributed by atoms with Gasteiger partial charge in [-0.2, -0.15) is 0 Å². The molecule has 1 saturated heterocycles. The van der Waals surface area contributed by atoms with Gasteiger partial charge >= 0.3 is 0 Å². The predicted molar refractivity (Wildman–Crippen MR) is 63.9 cm³/mol. The zero-order valence-corrected chi connectivity index (χ0v) is 10.2. The van der Waals surface area contributed by atoms with Crippen LogP contribution in [0.1, 0.15) is 45.4 Å². The molecule has 2 unspecified atom stereocenters. The number of carbonyl (C=O) groups excluding carboxylic acids is 1. The van der Waals surface area contributed by atoms with Crippen molar-refractivity contribution in [2.24, 2.45) is 5.73 Å². The van der Waals surface area contributed by atoms with E-state index in [-0.39, 0.29) is 18.6 Å². The number of likely N-dealkylation sites (tertiary alicyclic amines) is 1. The Hall–Kier alpha value is -0.610. The molecule has 94 valence electrons. The van der Waals surface area contributed by atoms with Gasteiger partial charge in [-0.15, -0.1) is 0 Å². The molecule has 4 nitrogen and oxygen atoms in total. The highest BCUT2D eigenvalue weighted by Crippen LogP contribution is 2.22. The SMILES string of the molecule is CC(N)CCC(=O)N1CCCC1CCCO. The summed E-state index contributed by atoms with van der Waals surface area (Å²) in [6.07, 6.45) is 5.24. The largest absolute Gasteiger partial charge is 0.396 e. The molecular formula is C12H24N2O2. The van der Waals surface area contributed by atoms with Crippen molar-refractivity contribution >= 4 is 5.91 Å². The quantitative estimate of drug-likeness (QED) is 0.709. The third kappa shape index (κ3) is 4.10. The smallest absolute Gasteiger partial charge is 0.222 e. The lowest BCUT2D eigenvalue weighted by Crippen LogP contribution is -2.36. The van der Waals surface area contributed by atoms with Gasteiger partial charge in [-0.05, 0) is 39.0 Å². The lowest BCUT2D eigenvalue weighted by molar-refractivity contribution is -0.132. The maximum Gasteiger partial charge on any atom is 0.222 e. The number of hydrogen-bond donors (Lipinski definition) is 2. The third-order valence-corrected chi connectivity index (χ3v) is 3.21. The van der Waals surface area contributed by atoms with Crippen molar-refractivity contribution in [3.63, 3.8) is 0 Å². The van der Waals surface area contributed by atoms with E-state index in [1.165, 1.54) is 0 Å². The van der Waals surface area contributed by atoms with Crippen LogP contribution >= 0.6 is 0 Å². The Morgan fingerprint density at radius 3 is 3.00 bits per heavy atom. The van der Waals surface area contributed by atoms with Gasteiger partial charge in [-0.1, -0.05) is 0 Å². The molecule has 1 amide bonds. The zero-order valence-electron chi connectivity index (χ0n) is 10.2. The minimum Gasteiger partial charge on any atom is -0.396 e. The van der Waals surface area contributed by atoms with E-state index in [4.69, 9.17) is 10.8 Å². The number of aliphatic hydroxyl groups is 1. The van der Waals surface area contributed by atoms with Crippen molar-refractivity contribution in [2.45, 2.75) is 57.5 Å². The number of hydrogen-bond acceptors (Lipinski definition) is 3. The van der Waals surface area contributed by atoms with Gasteiger partial charge in [0.1, 0.15) is 0 Å². The topological polar surface area (TPSA) is 66.6 Å². The Bertz CT molecular complexity index is 219. The van der Waals surface area contributed by atoms with Crippen LogP contribution in [-0.4, -0.2) is 41.1 Å². The Balaban J connectivity index is 2.35. The first-order valence-electron chi connectivity index (χ1n) is 6.31. The van der Waals surface area contributed by atoms with E-state index in [2.05, 4.69) is 0 Å². The second-order valence-corrected chi connectivity index (χ2v) is 4.76. The van der Waals surface area contributed by atoms with Crippen molar-refractivity contribution in [1.82, 2.24) is 4.90 Å². The highest BCUT2D eigenvalue weighted by molar-refractivity contribution is 5.76. The van der Waals surface area contributed by atoms with Gasteiger partial charge in [0.2, 0.25) is 5.91 Å². The van der Waals surface area contributed by atoms with Gasteiger partial charge in [0.15, 0.2) is 0 Å². The van der Waals surface area contributed by atoms with E-state index in [0.717, 1.165) is 38.6 Å². The number of nitrogens with zero attached hydrogens (tertiary/aromatic N) is 1. The molecule has 0 aromatic carbocycles. The first-order valence-corrected chi connectivity index (χ1v) is 6.31. The molecule has 1 fully saturated rings. The fourth-order valence-corrected chi connectivity index (χ4v) is 2.29. The van der Waals surface area contributed by atoms with Crippen LogP contribution in [0.4, 0.5) is 0 Å². The molecular weight excluding hydrogens is 204 g/mol. The average Bonchev–Trinajstić information content (AvgIpc) is 2.71. The van der Waals surface area contributed by atoms with E-state index >= 15 is 0 Å². The van der Waals surface area contributed by atoms with E-state index in [1.807, 2.05) is 11.8 Å². The van der Waals surface area contributed by atoms with Crippen LogP contribution in [0.2, 0.25) is 0 Å². The minimum atomic E-state index is 0.0995. The minimum absolute atomic E-state index is 0.0995. The van der Waals surface area contributed by atoms with Crippen molar-refractivity contribution in [2.75, 3.05) is 13.2 Å². The number of carbonyl (C=O) groups is 1. The molecule has 0 aromatic heterocycles. The molecule has 1 rings (SSSR count). The average molecular weight is 228 g/mol. The summed E-state index contributed by atoms with van der Waals surface area (Å²) in [5.74, 6) is 0.234. The Morgan fingerprint density at radius 2 is 2.38 bits per heavy atom. The molecule has 3 N–H and O–H groups in total. The highest BCUT2D eigenvalue weighted by atomic mass is 16.3. The van der Waals surface area contributed by atoms with Crippen LogP contribution in [0.5, 0.6) is 0 Å². The van der Waals surface area contributed by atoms with Crippen molar-refractivity contribution in [3.8, 4) is 0 Å². The molecule has 0 bridgehead atoms. The molecule has 1 aliphatic rings. The van der Waals surface area contributed by atoms with Crippen molar-refractivity contribution < 1.29 is 9.90 Å². The number of nitrogens with two attached hydrogens (primary N) is 1. The lowest BCUT2D eigenvalue weighted by atomic mass is 10.1. The fourth-order valence-electron chi connectivity index (χ4n) is 2.29. The van der Waals surface area contributed by atoms with E-state index < -0.39 is 0 Å². The molecule has 0 aliphatic carbocycles. The molecule has 16 heavy (non-hydrogen) atoms. The second kappa shape index (κ2) is 6.86. The number of amides is 1. The molecule has 0 spiro atoms. The van der Waals surface area contributed by atoms with Gasteiger partial charge in [0.05, 0.1) is 0 Å². The molecule has 1 aliphatic heterocycles. The van der Waals surface area contributed by atoms with Gasteiger partial charge in [0, 0.05) is 31.7 Å². The summed E-state index contributed by atoms with van der Waals surface area (Å²) in [7, 11) is 0. The van der Waals surface area contributed by atoms with Gasteiger partial charge in [0.25, 0.3) is 0 Å². The van der Waals surface area contributed by atoms with Crippen LogP contribution in [0.15, 0.2) is 0 Å². The van der Waals surface area contributed by atoms with E-state index in [9.17, 15) is 4.79 Å². The first-order chi connectivity index (χ1) is 7.65. The molecule has 4 heteroatoms. The van der Waals surface area contributed by atoms with Gasteiger partial charge in [-0.25, -0.2) is 0 Å². The number of aliphatic hydroxyl groups excluding tert-OH is 1. The Kier molecular flexibility index (Phi) is 5.77. The lowest BCUT2D eigenvalue weighted by Gasteiger charge is -2.25. The molecule has 0 aromatic rings. The summed E-state index contributed by atoms with van der Waals surface area (Å²) in [5.41, 5.74) is 5.65. The molecule has 2 atom stereocenters. The molecule has 0 saturated carbocycles. The van der Waals surface area contributed by atoms with Crippen LogP contribution in [0, 0.1) is 0 Å². The van der Waals surface area contributed by atoms with E-state index in [0.29, 0.717) is 12.5 Å². The van der Waals surface area contributed by atoms with E-state index in [1.54, 1.807) is 0 Å². The summed E-state index contributed by atoms with van der Waals surface area (Å²) in [6, 6.07) is 0.454. The third-order valence-electron chi connectivity index (χ3n) is 3.21. The second-order valence-electron chi connectivity index (χ2n) is 4.76. The maximum atomic E-state index is 11.9. The monoisotopic (exact) mass is 228 g/mol. The van der Waals surface area contributed by atoms with Crippen LogP contribution in [0.25, 0.3) is 0 Å². The highest BCUT2D eigenvalue weighted by Gasteiger charge is 2.27. The van der Waals surface area contributed by atoms with Crippen LogP contribution in [-0.2, 0) is 4.79 Å². The van der Waals surface area contributed by atoms with Crippen molar-refractivity contribution in [1.29, 1.82) is 0 Å². The molecule has 1 heterocycles. The summed E-state index contributed by atoms with van der Waals surface area (Å²) in [5, 5.41) is 8.81. The standard InChI is InChI=1S/C12H24N2O2/c1-10(13)6-7-12(16)14-8-2-4-11(14)5-3-9-15/h10-11,15H,2-9,13H2,1H3. The van der Waals surface area contributed by atoms with Crippen molar-refractivity contribution in [3.05, 3.63) is 0 Å². The summed E-state index contributed by atoms with van der Waals surface area (Å²) >= 11 is 0. The molecule has 0 radical (unpaired) electrons. The first kappa shape index (κ1) is 13.5. The van der Waals surface area contributed by atoms with Gasteiger partial charge in [-0.3, -0.25) is 4.79 Å². The van der Waals surface area contributed by atoms with Crippen LogP contribution < -0.4 is 5.73 Å². The Morgan fingerprint density at radius 1 is 1.62 bits per heavy atom. The fraction of sp³-hybridized carbons (Fsp3) is 0.917. The normalized spacial score (nSPS) is 22.4. The number of rotatable bonds is 6. The van der Waals surface area contributed by atoms with Crippen LogP contribution in [0.3, 0.4) is 0 Å². The summed E-state index contributed by atoms with van der Waals surface area (Å²) in [4.78, 5) is 13.9. The summed E-state index contributed by atoms with van der Waals surface area (Å²) in [6.45, 7) is 3.03. The zero-order chi connectivity index (χ0) is 12.0.